The van der Waals surface area contributed by atoms with Gasteiger partial charge in [0.1, 0.15) is 11.4 Å². The largest absolute Gasteiger partial charge is 0.460 e. The molecule has 0 aliphatic carbocycles. The summed E-state index contributed by atoms with van der Waals surface area (Å²) in [6.07, 6.45) is 7.60. The molecule has 236 valence electrons. The van der Waals surface area contributed by atoms with E-state index in [1.807, 2.05) is 78.3 Å². The molecule has 1 atom stereocenters. The molecule has 10 heteroatoms. The van der Waals surface area contributed by atoms with Crippen LogP contribution in [-0.2, 0) is 16.0 Å². The minimum atomic E-state index is -0.510. The molecular formula is C33H51N7O3. The summed E-state index contributed by atoms with van der Waals surface area (Å²) >= 11 is 0. The number of esters is 1. The van der Waals surface area contributed by atoms with Crippen molar-refractivity contribution >= 4 is 35.0 Å². The summed E-state index contributed by atoms with van der Waals surface area (Å²) in [6.45, 7) is 24.2. The third kappa shape index (κ3) is 8.67. The molecule has 1 N–H and O–H groups in total. The van der Waals surface area contributed by atoms with Crippen molar-refractivity contribution in [3.8, 4) is 0 Å². The van der Waals surface area contributed by atoms with Crippen molar-refractivity contribution in [2.24, 2.45) is 11.3 Å². The van der Waals surface area contributed by atoms with Gasteiger partial charge in [-0.1, -0.05) is 41.5 Å². The Labute approximate surface area is 257 Å². The number of imidazole rings is 1. The van der Waals surface area contributed by atoms with Crippen LogP contribution in [0.5, 0.6) is 0 Å². The molecule has 10 nitrogen and oxygen atoms in total. The molecule has 4 heterocycles. The minimum Gasteiger partial charge on any atom is -0.460 e. The number of aryl methyl sites for hydroxylation is 2. The molecule has 2 amide bonds. The first-order valence-electron chi connectivity index (χ1n) is 15.5. The summed E-state index contributed by atoms with van der Waals surface area (Å²) in [5.74, 6) is 0.949. The normalized spacial score (nSPS) is 13.7. The van der Waals surface area contributed by atoms with E-state index < -0.39 is 5.60 Å². The van der Waals surface area contributed by atoms with E-state index in [2.05, 4.69) is 45.9 Å². The number of carbonyl (C=O) groups excluding carboxylic acids is 2. The SMILES string of the molecule is CC.CCC(CCN(CC(C)(C)C)c1ccnc2c1CCN2C(=O)Nc1cn2cc(C)nc2nc1C)C(=O)OC(C)(C)C. The Bertz CT molecular complexity index is 1420. The number of ether oxygens (including phenoxy) is 1. The van der Waals surface area contributed by atoms with Crippen LogP contribution in [0.4, 0.5) is 22.0 Å². The third-order valence-electron chi connectivity index (χ3n) is 7.08. The lowest BCUT2D eigenvalue weighted by Gasteiger charge is -2.34. The van der Waals surface area contributed by atoms with Crippen LogP contribution >= 0.6 is 0 Å². The molecule has 1 aliphatic heterocycles. The lowest BCUT2D eigenvalue weighted by molar-refractivity contribution is -0.160. The van der Waals surface area contributed by atoms with E-state index in [4.69, 9.17) is 4.74 Å². The highest BCUT2D eigenvalue weighted by molar-refractivity contribution is 6.03. The van der Waals surface area contributed by atoms with Crippen LogP contribution in [-0.4, -0.2) is 56.6 Å². The Morgan fingerprint density at radius 1 is 1.09 bits per heavy atom. The highest BCUT2D eigenvalue weighted by Crippen LogP contribution is 2.36. The molecule has 0 fully saturated rings. The first-order valence-corrected chi connectivity index (χ1v) is 15.5. The molecule has 43 heavy (non-hydrogen) atoms. The Kier molecular flexibility index (Phi) is 10.8. The van der Waals surface area contributed by atoms with Crippen molar-refractivity contribution in [2.45, 2.75) is 101 Å². The molecule has 1 aliphatic rings. The van der Waals surface area contributed by atoms with Crippen molar-refractivity contribution in [3.05, 3.63) is 41.6 Å². The fourth-order valence-electron chi connectivity index (χ4n) is 5.24. The van der Waals surface area contributed by atoms with Gasteiger partial charge in [-0.2, -0.15) is 0 Å². The fraction of sp³-hybridized carbons (Fsp3) is 0.606. The standard InChI is InChI=1S/C31H45N7O3.C2H6/c1-10-22(27(39)41-31(7,8)9)12-15-36(19-30(4,5)6)25-11-14-32-26-23(25)13-16-38(26)29(40)35-24-18-37-17-20(2)33-28(37)34-21(24)3;1-2/h11,14,17-18,22H,10,12-13,15-16,19H2,1-9H3,(H,35,40);1-2H3. The van der Waals surface area contributed by atoms with Crippen molar-refractivity contribution in [1.82, 2.24) is 19.4 Å². The average molecular weight is 594 g/mol. The highest BCUT2D eigenvalue weighted by Gasteiger charge is 2.32. The monoisotopic (exact) mass is 593 g/mol. The number of anilines is 3. The van der Waals surface area contributed by atoms with Gasteiger partial charge in [0, 0.05) is 49.5 Å². The van der Waals surface area contributed by atoms with Gasteiger partial charge in [0.25, 0.3) is 0 Å². The Hall–Kier alpha value is -3.69. The predicted octanol–water partition coefficient (Wildman–Crippen LogP) is 6.97. The summed E-state index contributed by atoms with van der Waals surface area (Å²) in [5, 5.41) is 3.03. The highest BCUT2D eigenvalue weighted by atomic mass is 16.6. The number of aromatic nitrogens is 4. The Morgan fingerprint density at radius 3 is 2.42 bits per heavy atom. The van der Waals surface area contributed by atoms with Crippen LogP contribution in [0.15, 0.2) is 24.7 Å². The van der Waals surface area contributed by atoms with Crippen LogP contribution in [0.2, 0.25) is 0 Å². The van der Waals surface area contributed by atoms with Gasteiger partial charge in [0.05, 0.1) is 23.0 Å². The summed E-state index contributed by atoms with van der Waals surface area (Å²) < 4.78 is 7.52. The van der Waals surface area contributed by atoms with E-state index in [9.17, 15) is 9.59 Å². The van der Waals surface area contributed by atoms with Crippen LogP contribution < -0.4 is 15.1 Å². The Morgan fingerprint density at radius 2 is 1.79 bits per heavy atom. The second kappa shape index (κ2) is 13.7. The summed E-state index contributed by atoms with van der Waals surface area (Å²) in [6, 6.07) is 1.79. The summed E-state index contributed by atoms with van der Waals surface area (Å²) in [5.41, 5.74) is 3.82. The first kappa shape index (κ1) is 33.8. The van der Waals surface area contributed by atoms with E-state index in [0.29, 0.717) is 48.9 Å². The minimum absolute atomic E-state index is 0.0221. The van der Waals surface area contributed by atoms with Gasteiger partial charge in [-0.05, 0) is 65.4 Å². The van der Waals surface area contributed by atoms with E-state index in [1.54, 1.807) is 11.1 Å². The molecule has 3 aromatic heterocycles. The van der Waals surface area contributed by atoms with Gasteiger partial charge in [-0.15, -0.1) is 0 Å². The predicted molar refractivity (Wildman–Crippen MR) is 174 cm³/mol. The lowest BCUT2D eigenvalue weighted by atomic mass is 9.94. The van der Waals surface area contributed by atoms with Gasteiger partial charge in [-0.3, -0.25) is 14.1 Å². The lowest BCUT2D eigenvalue weighted by Crippen LogP contribution is -2.36. The maximum atomic E-state index is 13.5. The van der Waals surface area contributed by atoms with E-state index in [0.717, 1.165) is 29.9 Å². The number of nitrogens with one attached hydrogen (secondary N) is 1. The number of hydrogen-bond donors (Lipinski definition) is 1. The smallest absolute Gasteiger partial charge is 0.327 e. The Balaban J connectivity index is 0.00000248. The molecule has 0 aromatic carbocycles. The van der Waals surface area contributed by atoms with E-state index >= 15 is 0 Å². The summed E-state index contributed by atoms with van der Waals surface area (Å²) in [7, 11) is 0. The van der Waals surface area contributed by atoms with Gasteiger partial charge in [0.15, 0.2) is 0 Å². The molecule has 0 bridgehead atoms. The fourth-order valence-corrected chi connectivity index (χ4v) is 5.24. The molecular weight excluding hydrogens is 542 g/mol. The van der Waals surface area contributed by atoms with Crippen molar-refractivity contribution < 1.29 is 14.3 Å². The first-order chi connectivity index (χ1) is 20.1. The van der Waals surface area contributed by atoms with Crippen molar-refractivity contribution in [1.29, 1.82) is 0 Å². The number of carbonyl (C=O) groups is 2. The van der Waals surface area contributed by atoms with Gasteiger partial charge < -0.3 is 15.0 Å². The zero-order valence-corrected chi connectivity index (χ0v) is 28.0. The van der Waals surface area contributed by atoms with E-state index in [-0.39, 0.29) is 23.3 Å². The number of urea groups is 1. The van der Waals surface area contributed by atoms with Gasteiger partial charge in [0.2, 0.25) is 5.78 Å². The van der Waals surface area contributed by atoms with Gasteiger partial charge >= 0.3 is 12.0 Å². The molecule has 1 unspecified atom stereocenters. The van der Waals surface area contributed by atoms with Gasteiger partial charge in [-0.25, -0.2) is 19.7 Å². The van der Waals surface area contributed by atoms with Crippen molar-refractivity contribution in [2.75, 3.05) is 34.8 Å². The molecule has 0 saturated carbocycles. The number of nitrogens with zero attached hydrogens (tertiary/aromatic N) is 6. The zero-order chi connectivity index (χ0) is 32.1. The third-order valence-corrected chi connectivity index (χ3v) is 7.08. The topological polar surface area (TPSA) is 105 Å². The van der Waals surface area contributed by atoms with Crippen LogP contribution in [0, 0.1) is 25.2 Å². The van der Waals surface area contributed by atoms with Crippen molar-refractivity contribution in [3.63, 3.8) is 0 Å². The number of fused-ring (bicyclic) bond motifs is 2. The maximum Gasteiger partial charge on any atom is 0.327 e. The molecule has 0 saturated heterocycles. The maximum absolute atomic E-state index is 13.5. The number of rotatable bonds is 8. The molecule has 3 aromatic rings. The van der Waals surface area contributed by atoms with Crippen LogP contribution in [0.3, 0.4) is 0 Å². The number of pyridine rings is 1. The summed E-state index contributed by atoms with van der Waals surface area (Å²) in [4.78, 5) is 44.0. The quantitative estimate of drug-likeness (QED) is 0.281. The molecule has 4 rings (SSSR count). The number of amides is 2. The van der Waals surface area contributed by atoms with Crippen LogP contribution in [0.1, 0.15) is 92.1 Å². The second-order valence-corrected chi connectivity index (χ2v) is 13.2. The van der Waals surface area contributed by atoms with E-state index in [1.165, 1.54) is 0 Å². The number of hydrogen-bond acceptors (Lipinski definition) is 7. The average Bonchev–Trinajstić information content (AvgIpc) is 3.50. The van der Waals surface area contributed by atoms with Crippen LogP contribution in [0.25, 0.3) is 5.78 Å². The molecule has 0 spiro atoms. The zero-order valence-electron chi connectivity index (χ0n) is 28.0. The second-order valence-electron chi connectivity index (χ2n) is 13.2. The molecule has 0 radical (unpaired) electrons.